The summed E-state index contributed by atoms with van der Waals surface area (Å²) in [5.74, 6) is 2.84. The molecule has 0 amide bonds. The van der Waals surface area contributed by atoms with Crippen molar-refractivity contribution >= 4 is 29.9 Å². The molecule has 31 heavy (non-hydrogen) atoms. The summed E-state index contributed by atoms with van der Waals surface area (Å²) in [5.41, 5.74) is 1.04. The third kappa shape index (κ3) is 7.90. The van der Waals surface area contributed by atoms with Gasteiger partial charge in [-0.1, -0.05) is 19.1 Å². The van der Waals surface area contributed by atoms with Crippen LogP contribution in [-0.4, -0.2) is 42.0 Å². The molecule has 1 atom stereocenters. The fraction of sp³-hybridized carbons (Fsp3) is 0.565. The summed E-state index contributed by atoms with van der Waals surface area (Å²) in [6.45, 7) is 7.30. The predicted molar refractivity (Wildman–Crippen MR) is 136 cm³/mol. The van der Waals surface area contributed by atoms with Crippen LogP contribution in [0, 0.1) is 5.92 Å². The number of hydrogen-bond acceptors (Lipinski definition) is 4. The maximum Gasteiger partial charge on any atom is 0.191 e. The Morgan fingerprint density at radius 2 is 2.06 bits per heavy atom. The number of aromatic nitrogens is 2. The van der Waals surface area contributed by atoms with E-state index in [1.54, 1.807) is 7.11 Å². The first kappa shape index (κ1) is 25.3. The first-order chi connectivity index (χ1) is 14.7. The van der Waals surface area contributed by atoms with E-state index < -0.39 is 0 Å². The molecule has 0 aliphatic heterocycles. The smallest absolute Gasteiger partial charge is 0.191 e. The second-order valence-corrected chi connectivity index (χ2v) is 7.88. The van der Waals surface area contributed by atoms with E-state index in [4.69, 9.17) is 14.5 Å². The van der Waals surface area contributed by atoms with Crippen molar-refractivity contribution in [2.45, 2.75) is 58.7 Å². The second kappa shape index (κ2) is 13.4. The number of para-hydroxylation sites is 1. The topological polar surface area (TPSA) is 72.7 Å². The lowest BCUT2D eigenvalue weighted by molar-refractivity contribution is 0.198. The molecular weight excluding hydrogens is 505 g/mol. The van der Waals surface area contributed by atoms with Gasteiger partial charge in [-0.25, -0.2) is 4.99 Å². The monoisotopic (exact) mass is 541 g/mol. The van der Waals surface area contributed by atoms with Gasteiger partial charge in [-0.05, 0) is 50.7 Å². The molecule has 1 aliphatic rings. The van der Waals surface area contributed by atoms with Crippen molar-refractivity contribution in [3.05, 3.63) is 42.2 Å². The number of benzene rings is 1. The molecule has 1 aromatic heterocycles. The first-order valence-corrected chi connectivity index (χ1v) is 11.0. The maximum atomic E-state index is 6.33. The van der Waals surface area contributed by atoms with Crippen molar-refractivity contribution in [2.24, 2.45) is 10.9 Å². The molecule has 1 fully saturated rings. The highest BCUT2D eigenvalue weighted by atomic mass is 127. The SMILES string of the molecule is CCNC(=NCc1cccc(OC)c1OC1CCCC1)NCC(C)Cn1cccn1.I. The minimum absolute atomic E-state index is 0. The van der Waals surface area contributed by atoms with Crippen LogP contribution in [0.25, 0.3) is 0 Å². The number of methoxy groups -OCH3 is 1. The summed E-state index contributed by atoms with van der Waals surface area (Å²) in [7, 11) is 1.69. The quantitative estimate of drug-likeness (QED) is 0.268. The highest BCUT2D eigenvalue weighted by molar-refractivity contribution is 14.0. The minimum atomic E-state index is 0. The van der Waals surface area contributed by atoms with Crippen LogP contribution in [-0.2, 0) is 13.1 Å². The zero-order valence-electron chi connectivity index (χ0n) is 18.8. The van der Waals surface area contributed by atoms with Crippen LogP contribution in [0.1, 0.15) is 45.1 Å². The lowest BCUT2D eigenvalue weighted by Crippen LogP contribution is -2.40. The summed E-state index contributed by atoms with van der Waals surface area (Å²) < 4.78 is 13.9. The number of nitrogens with zero attached hydrogens (tertiary/aromatic N) is 3. The minimum Gasteiger partial charge on any atom is -0.493 e. The van der Waals surface area contributed by atoms with E-state index in [0.717, 1.165) is 55.5 Å². The molecule has 1 aliphatic carbocycles. The third-order valence-electron chi connectivity index (χ3n) is 5.29. The fourth-order valence-corrected chi connectivity index (χ4v) is 3.72. The Bertz CT molecular complexity index is 791. The third-order valence-corrected chi connectivity index (χ3v) is 5.29. The van der Waals surface area contributed by atoms with Gasteiger partial charge >= 0.3 is 0 Å². The molecule has 7 nitrogen and oxygen atoms in total. The van der Waals surface area contributed by atoms with E-state index in [0.29, 0.717) is 12.5 Å². The van der Waals surface area contributed by atoms with Gasteiger partial charge in [0.2, 0.25) is 0 Å². The molecule has 0 saturated heterocycles. The Labute approximate surface area is 203 Å². The van der Waals surface area contributed by atoms with E-state index in [9.17, 15) is 0 Å². The van der Waals surface area contributed by atoms with Gasteiger partial charge in [-0.15, -0.1) is 24.0 Å². The van der Waals surface area contributed by atoms with Gasteiger partial charge in [0.15, 0.2) is 17.5 Å². The average molecular weight is 541 g/mol. The average Bonchev–Trinajstić information content (AvgIpc) is 3.45. The molecule has 2 aromatic rings. The second-order valence-electron chi connectivity index (χ2n) is 7.88. The lowest BCUT2D eigenvalue weighted by atomic mass is 10.1. The normalized spacial score (nSPS) is 15.3. The molecule has 0 spiro atoms. The summed E-state index contributed by atoms with van der Waals surface area (Å²) in [5, 5.41) is 11.1. The molecule has 0 radical (unpaired) electrons. The number of aliphatic imine (C=N–C) groups is 1. The van der Waals surface area contributed by atoms with Crippen molar-refractivity contribution in [2.75, 3.05) is 20.2 Å². The van der Waals surface area contributed by atoms with Crippen molar-refractivity contribution < 1.29 is 9.47 Å². The van der Waals surface area contributed by atoms with E-state index in [1.807, 2.05) is 35.3 Å². The molecule has 0 bridgehead atoms. The number of rotatable bonds is 10. The van der Waals surface area contributed by atoms with Crippen LogP contribution in [0.4, 0.5) is 0 Å². The van der Waals surface area contributed by atoms with Gasteiger partial charge in [0.05, 0.1) is 19.8 Å². The largest absolute Gasteiger partial charge is 0.493 e. The molecule has 3 rings (SSSR count). The van der Waals surface area contributed by atoms with Crippen molar-refractivity contribution in [3.63, 3.8) is 0 Å². The summed E-state index contributed by atoms with van der Waals surface area (Å²) in [6, 6.07) is 7.97. The van der Waals surface area contributed by atoms with Crippen molar-refractivity contribution in [1.29, 1.82) is 0 Å². The van der Waals surface area contributed by atoms with Gasteiger partial charge in [-0.3, -0.25) is 4.68 Å². The van der Waals surface area contributed by atoms with Gasteiger partial charge < -0.3 is 20.1 Å². The number of guanidine groups is 1. The van der Waals surface area contributed by atoms with Crippen molar-refractivity contribution in [3.8, 4) is 11.5 Å². The molecule has 1 saturated carbocycles. The number of halogens is 1. The van der Waals surface area contributed by atoms with Crippen LogP contribution >= 0.6 is 24.0 Å². The predicted octanol–water partition coefficient (Wildman–Crippen LogP) is 4.22. The van der Waals surface area contributed by atoms with E-state index in [2.05, 4.69) is 35.6 Å². The Hall–Kier alpha value is -1.97. The molecule has 1 aromatic carbocycles. The highest BCUT2D eigenvalue weighted by Crippen LogP contribution is 2.35. The van der Waals surface area contributed by atoms with Gasteiger partial charge in [0.25, 0.3) is 0 Å². The van der Waals surface area contributed by atoms with Crippen LogP contribution < -0.4 is 20.1 Å². The summed E-state index contributed by atoms with van der Waals surface area (Å²) in [4.78, 5) is 4.80. The summed E-state index contributed by atoms with van der Waals surface area (Å²) >= 11 is 0. The molecule has 172 valence electrons. The van der Waals surface area contributed by atoms with E-state index in [-0.39, 0.29) is 30.1 Å². The van der Waals surface area contributed by atoms with E-state index in [1.165, 1.54) is 12.8 Å². The first-order valence-electron chi connectivity index (χ1n) is 11.0. The number of hydrogen-bond donors (Lipinski definition) is 2. The fourth-order valence-electron chi connectivity index (χ4n) is 3.72. The molecular formula is C23H36IN5O2. The zero-order valence-corrected chi connectivity index (χ0v) is 21.2. The Balaban J connectivity index is 0.00000341. The molecule has 8 heteroatoms. The summed E-state index contributed by atoms with van der Waals surface area (Å²) in [6.07, 6.45) is 8.77. The van der Waals surface area contributed by atoms with Gasteiger partial charge in [0, 0.05) is 37.6 Å². The Morgan fingerprint density at radius 3 is 2.74 bits per heavy atom. The lowest BCUT2D eigenvalue weighted by Gasteiger charge is -2.19. The zero-order chi connectivity index (χ0) is 21.2. The van der Waals surface area contributed by atoms with Crippen molar-refractivity contribution in [1.82, 2.24) is 20.4 Å². The highest BCUT2D eigenvalue weighted by Gasteiger charge is 2.20. The molecule has 1 unspecified atom stereocenters. The van der Waals surface area contributed by atoms with E-state index >= 15 is 0 Å². The van der Waals surface area contributed by atoms with Crippen LogP contribution in [0.2, 0.25) is 0 Å². The Kier molecular flexibility index (Phi) is 11.0. The van der Waals surface area contributed by atoms with Gasteiger partial charge in [0.1, 0.15) is 0 Å². The Morgan fingerprint density at radius 1 is 1.26 bits per heavy atom. The van der Waals surface area contributed by atoms with Gasteiger partial charge in [-0.2, -0.15) is 5.10 Å². The number of nitrogens with one attached hydrogen (secondary N) is 2. The number of ether oxygens (including phenoxy) is 2. The van der Waals surface area contributed by atoms with Crippen LogP contribution in [0.3, 0.4) is 0 Å². The molecule has 1 heterocycles. The van der Waals surface area contributed by atoms with Crippen LogP contribution in [0.15, 0.2) is 41.7 Å². The van der Waals surface area contributed by atoms with Crippen LogP contribution in [0.5, 0.6) is 11.5 Å². The molecule has 2 N–H and O–H groups in total. The standard InChI is InChI=1S/C23H35N5O2.HI/c1-4-24-23(25-15-18(2)17-28-14-8-13-27-28)26-16-19-9-7-12-21(29-3)22(19)30-20-10-5-6-11-20;/h7-9,12-14,18,20H,4-6,10-11,15-17H2,1-3H3,(H2,24,25,26);1H. The maximum absolute atomic E-state index is 6.33.